The minimum atomic E-state index is 0.520. The topological polar surface area (TPSA) is 38.9 Å². The number of aryl methyl sites for hydroxylation is 1. The number of rotatable bonds is 3. The van der Waals surface area contributed by atoms with Gasteiger partial charge in [-0.15, -0.1) is 11.3 Å². The Morgan fingerprint density at radius 2 is 2.38 bits per heavy atom. The monoisotopic (exact) mass is 196 g/mol. The molecule has 0 aromatic carbocycles. The molecule has 0 aliphatic rings. The van der Waals surface area contributed by atoms with Gasteiger partial charge >= 0.3 is 0 Å². The molecule has 2 N–H and O–H groups in total. The van der Waals surface area contributed by atoms with Crippen LogP contribution in [0.5, 0.6) is 0 Å². The summed E-state index contributed by atoms with van der Waals surface area (Å²) in [7, 11) is 0. The van der Waals surface area contributed by atoms with Crippen molar-refractivity contribution in [2.75, 3.05) is 6.54 Å². The molecule has 1 aromatic rings. The lowest BCUT2D eigenvalue weighted by Crippen LogP contribution is -2.07. The summed E-state index contributed by atoms with van der Waals surface area (Å²) >= 11 is 1.67. The summed E-state index contributed by atoms with van der Waals surface area (Å²) in [6, 6.07) is 0. The predicted octanol–water partition coefficient (Wildman–Crippen LogP) is 2.45. The van der Waals surface area contributed by atoms with Crippen LogP contribution in [0.3, 0.4) is 0 Å². The van der Waals surface area contributed by atoms with Crippen molar-refractivity contribution in [3.63, 3.8) is 0 Å². The maximum absolute atomic E-state index is 5.66. The van der Waals surface area contributed by atoms with Crippen LogP contribution in [-0.2, 0) is 0 Å². The highest BCUT2D eigenvalue weighted by atomic mass is 32.1. The molecule has 3 heteroatoms. The fourth-order valence-corrected chi connectivity index (χ4v) is 1.85. The van der Waals surface area contributed by atoms with Crippen molar-refractivity contribution >= 4 is 17.4 Å². The molecule has 0 spiro atoms. The second-order valence-electron chi connectivity index (χ2n) is 3.38. The predicted molar refractivity (Wildman–Crippen MR) is 58.7 cm³/mol. The SMILES string of the molecule is Cc1ncsc1C=C(CN)C(C)C. The van der Waals surface area contributed by atoms with Gasteiger partial charge < -0.3 is 5.73 Å². The van der Waals surface area contributed by atoms with Gasteiger partial charge in [0, 0.05) is 11.4 Å². The van der Waals surface area contributed by atoms with E-state index in [2.05, 4.69) is 24.9 Å². The van der Waals surface area contributed by atoms with Crippen LogP contribution < -0.4 is 5.73 Å². The molecule has 0 atom stereocenters. The number of hydrogen-bond acceptors (Lipinski definition) is 3. The number of aromatic nitrogens is 1. The summed E-state index contributed by atoms with van der Waals surface area (Å²) in [6.45, 7) is 6.98. The molecule has 2 nitrogen and oxygen atoms in total. The molecule has 0 saturated heterocycles. The van der Waals surface area contributed by atoms with E-state index in [0.717, 1.165) is 5.69 Å². The average Bonchev–Trinajstić information content (AvgIpc) is 2.46. The molecule has 1 heterocycles. The quantitative estimate of drug-likeness (QED) is 0.806. The van der Waals surface area contributed by atoms with Gasteiger partial charge in [-0.25, -0.2) is 4.98 Å². The molecule has 0 amide bonds. The number of hydrogen-bond donors (Lipinski definition) is 1. The van der Waals surface area contributed by atoms with Gasteiger partial charge in [-0.1, -0.05) is 19.4 Å². The lowest BCUT2D eigenvalue weighted by molar-refractivity contribution is 0.753. The molecular formula is C10H16N2S. The molecule has 0 radical (unpaired) electrons. The van der Waals surface area contributed by atoms with Crippen molar-refractivity contribution in [1.82, 2.24) is 4.98 Å². The van der Waals surface area contributed by atoms with E-state index in [4.69, 9.17) is 5.73 Å². The van der Waals surface area contributed by atoms with Crippen molar-refractivity contribution in [3.8, 4) is 0 Å². The first-order valence-corrected chi connectivity index (χ1v) is 5.33. The third-order valence-corrected chi connectivity index (χ3v) is 2.95. The lowest BCUT2D eigenvalue weighted by Gasteiger charge is -2.07. The summed E-state index contributed by atoms with van der Waals surface area (Å²) in [5.74, 6) is 0.520. The Morgan fingerprint density at radius 1 is 1.69 bits per heavy atom. The molecule has 0 fully saturated rings. The van der Waals surface area contributed by atoms with Crippen LogP contribution in [0.15, 0.2) is 11.1 Å². The highest BCUT2D eigenvalue weighted by molar-refractivity contribution is 7.10. The zero-order valence-electron chi connectivity index (χ0n) is 8.37. The van der Waals surface area contributed by atoms with Crippen molar-refractivity contribution < 1.29 is 0 Å². The van der Waals surface area contributed by atoms with E-state index in [1.807, 2.05) is 12.4 Å². The summed E-state index contributed by atoms with van der Waals surface area (Å²) < 4.78 is 0. The number of thiazole rings is 1. The van der Waals surface area contributed by atoms with Gasteiger partial charge in [0.1, 0.15) is 0 Å². The third kappa shape index (κ3) is 2.64. The van der Waals surface area contributed by atoms with E-state index in [1.54, 1.807) is 11.3 Å². The van der Waals surface area contributed by atoms with Crippen molar-refractivity contribution in [2.45, 2.75) is 20.8 Å². The number of nitrogens with zero attached hydrogens (tertiary/aromatic N) is 1. The third-order valence-electron chi connectivity index (χ3n) is 2.08. The van der Waals surface area contributed by atoms with E-state index in [9.17, 15) is 0 Å². The van der Waals surface area contributed by atoms with E-state index >= 15 is 0 Å². The maximum Gasteiger partial charge on any atom is 0.0801 e. The second kappa shape index (κ2) is 4.53. The largest absolute Gasteiger partial charge is 0.327 e. The van der Waals surface area contributed by atoms with Crippen LogP contribution in [0.4, 0.5) is 0 Å². The Balaban J connectivity index is 2.91. The van der Waals surface area contributed by atoms with Gasteiger partial charge in [0.05, 0.1) is 11.2 Å². The molecule has 0 unspecified atom stereocenters. The average molecular weight is 196 g/mol. The summed E-state index contributed by atoms with van der Waals surface area (Å²) in [5.41, 5.74) is 9.91. The number of nitrogens with two attached hydrogens (primary N) is 1. The molecular weight excluding hydrogens is 180 g/mol. The smallest absolute Gasteiger partial charge is 0.0801 e. The van der Waals surface area contributed by atoms with Crippen LogP contribution in [0.1, 0.15) is 24.4 Å². The van der Waals surface area contributed by atoms with Gasteiger partial charge in [0.25, 0.3) is 0 Å². The Hall–Kier alpha value is -0.670. The summed E-state index contributed by atoms with van der Waals surface area (Å²) in [6.07, 6.45) is 2.16. The molecule has 1 rings (SSSR count). The van der Waals surface area contributed by atoms with E-state index in [1.165, 1.54) is 10.5 Å². The van der Waals surface area contributed by atoms with E-state index < -0.39 is 0 Å². The fourth-order valence-electron chi connectivity index (χ4n) is 1.08. The van der Waals surface area contributed by atoms with E-state index in [0.29, 0.717) is 12.5 Å². The first-order valence-electron chi connectivity index (χ1n) is 4.45. The van der Waals surface area contributed by atoms with Crippen LogP contribution >= 0.6 is 11.3 Å². The highest BCUT2D eigenvalue weighted by Gasteiger charge is 2.03. The molecule has 0 aliphatic heterocycles. The van der Waals surface area contributed by atoms with Gasteiger partial charge in [-0.2, -0.15) is 0 Å². The first-order chi connectivity index (χ1) is 6.15. The van der Waals surface area contributed by atoms with Crippen LogP contribution in [0.25, 0.3) is 6.08 Å². The summed E-state index contributed by atoms with van der Waals surface area (Å²) in [5, 5.41) is 0. The zero-order valence-corrected chi connectivity index (χ0v) is 9.19. The molecule has 13 heavy (non-hydrogen) atoms. The standard InChI is InChI=1S/C10H16N2S/c1-7(2)9(5-11)4-10-8(3)12-6-13-10/h4,6-7H,5,11H2,1-3H3. The molecule has 1 aromatic heterocycles. The fraction of sp³-hybridized carbons (Fsp3) is 0.500. The maximum atomic E-state index is 5.66. The zero-order chi connectivity index (χ0) is 9.84. The lowest BCUT2D eigenvalue weighted by atomic mass is 10.0. The van der Waals surface area contributed by atoms with Crippen LogP contribution in [0.2, 0.25) is 0 Å². The molecule has 0 saturated carbocycles. The van der Waals surface area contributed by atoms with Crippen molar-refractivity contribution in [3.05, 3.63) is 21.7 Å². The van der Waals surface area contributed by atoms with Gasteiger partial charge in [-0.3, -0.25) is 0 Å². The van der Waals surface area contributed by atoms with Crippen molar-refractivity contribution in [1.29, 1.82) is 0 Å². The Bertz CT molecular complexity index is 300. The Kier molecular flexibility index (Phi) is 3.63. The van der Waals surface area contributed by atoms with Gasteiger partial charge in [-0.05, 0) is 18.9 Å². The van der Waals surface area contributed by atoms with Crippen molar-refractivity contribution in [2.24, 2.45) is 11.7 Å². The second-order valence-corrected chi connectivity index (χ2v) is 4.27. The minimum absolute atomic E-state index is 0.520. The van der Waals surface area contributed by atoms with Crippen LogP contribution in [0, 0.1) is 12.8 Å². The van der Waals surface area contributed by atoms with Crippen LogP contribution in [-0.4, -0.2) is 11.5 Å². The van der Waals surface area contributed by atoms with Gasteiger partial charge in [0.15, 0.2) is 0 Å². The Labute approximate surface area is 83.5 Å². The highest BCUT2D eigenvalue weighted by Crippen LogP contribution is 2.19. The Morgan fingerprint density at radius 3 is 2.77 bits per heavy atom. The summed E-state index contributed by atoms with van der Waals surface area (Å²) in [4.78, 5) is 5.43. The normalized spacial score (nSPS) is 12.5. The van der Waals surface area contributed by atoms with Gasteiger partial charge in [0.2, 0.25) is 0 Å². The van der Waals surface area contributed by atoms with E-state index in [-0.39, 0.29) is 0 Å². The first kappa shape index (κ1) is 10.4. The molecule has 0 aliphatic carbocycles. The molecule has 0 bridgehead atoms. The minimum Gasteiger partial charge on any atom is -0.327 e. The molecule has 72 valence electrons.